The van der Waals surface area contributed by atoms with Crippen LogP contribution >= 0.6 is 0 Å². The van der Waals surface area contributed by atoms with Gasteiger partial charge in [0.15, 0.2) is 0 Å². The van der Waals surface area contributed by atoms with E-state index in [0.717, 1.165) is 6.54 Å². The van der Waals surface area contributed by atoms with Gasteiger partial charge in [0.25, 0.3) is 0 Å². The fraction of sp³-hybridized carbons (Fsp3) is 0.900. The van der Waals surface area contributed by atoms with Crippen LogP contribution in [-0.2, 0) is 0 Å². The Labute approximate surface area is 75.7 Å². The van der Waals surface area contributed by atoms with Gasteiger partial charge in [-0.15, -0.1) is 0 Å². The molecule has 0 atom stereocenters. The zero-order valence-electron chi connectivity index (χ0n) is 8.13. The molecule has 0 aromatic heterocycles. The van der Waals surface area contributed by atoms with Crippen LogP contribution in [0.15, 0.2) is 4.99 Å². The molecule has 1 aliphatic rings. The van der Waals surface area contributed by atoms with Crippen molar-refractivity contribution in [2.75, 3.05) is 19.6 Å². The summed E-state index contributed by atoms with van der Waals surface area (Å²) in [5.74, 6) is 0. The largest absolute Gasteiger partial charge is 0.363 e. The number of nitrogens with zero attached hydrogens (tertiary/aromatic N) is 2. The third-order valence-electron chi connectivity index (χ3n) is 2.28. The van der Waals surface area contributed by atoms with Crippen molar-refractivity contribution in [3.63, 3.8) is 0 Å². The first kappa shape index (κ1) is 9.56. The summed E-state index contributed by atoms with van der Waals surface area (Å²) in [7, 11) is 0. The molecule has 12 heavy (non-hydrogen) atoms. The summed E-state index contributed by atoms with van der Waals surface area (Å²) in [6, 6.07) is 0. The highest BCUT2D eigenvalue weighted by atomic mass is 15.2. The van der Waals surface area contributed by atoms with Gasteiger partial charge in [0.1, 0.15) is 0 Å². The van der Waals surface area contributed by atoms with Crippen LogP contribution in [0.25, 0.3) is 0 Å². The zero-order chi connectivity index (χ0) is 8.65. The van der Waals surface area contributed by atoms with Crippen molar-refractivity contribution in [2.45, 2.75) is 39.0 Å². The van der Waals surface area contributed by atoms with E-state index in [0.29, 0.717) is 0 Å². The lowest BCUT2D eigenvalue weighted by atomic mass is 10.2. The molecular weight excluding hydrogens is 148 g/mol. The summed E-state index contributed by atoms with van der Waals surface area (Å²) in [4.78, 5) is 6.72. The SMILES string of the molecule is CCCCCN=CN1CCCC1. The summed E-state index contributed by atoms with van der Waals surface area (Å²) in [6.07, 6.45) is 8.60. The molecule has 1 heterocycles. The van der Waals surface area contributed by atoms with E-state index in [2.05, 4.69) is 16.8 Å². The van der Waals surface area contributed by atoms with E-state index >= 15 is 0 Å². The maximum Gasteiger partial charge on any atom is 0.0849 e. The van der Waals surface area contributed by atoms with Crippen LogP contribution in [0, 0.1) is 0 Å². The Morgan fingerprint density at radius 3 is 2.67 bits per heavy atom. The molecule has 0 saturated carbocycles. The molecule has 2 heteroatoms. The van der Waals surface area contributed by atoms with E-state index in [1.807, 2.05) is 6.34 Å². The minimum absolute atomic E-state index is 1.02. The molecule has 2 nitrogen and oxygen atoms in total. The number of hydrogen-bond donors (Lipinski definition) is 0. The predicted molar refractivity (Wildman–Crippen MR) is 53.7 cm³/mol. The molecule has 0 unspecified atom stereocenters. The molecule has 70 valence electrons. The van der Waals surface area contributed by atoms with Crippen molar-refractivity contribution >= 4 is 6.34 Å². The van der Waals surface area contributed by atoms with Crippen LogP contribution in [0.2, 0.25) is 0 Å². The average molecular weight is 168 g/mol. The van der Waals surface area contributed by atoms with Gasteiger partial charge in [-0.3, -0.25) is 4.99 Å². The fourth-order valence-corrected chi connectivity index (χ4v) is 1.48. The Balaban J connectivity index is 1.97. The van der Waals surface area contributed by atoms with Crippen molar-refractivity contribution in [3.05, 3.63) is 0 Å². The van der Waals surface area contributed by atoms with Gasteiger partial charge in [-0.1, -0.05) is 19.8 Å². The molecular formula is C10H20N2. The minimum atomic E-state index is 1.02. The zero-order valence-corrected chi connectivity index (χ0v) is 8.13. The molecule has 1 aliphatic heterocycles. The Morgan fingerprint density at radius 1 is 1.25 bits per heavy atom. The summed E-state index contributed by atoms with van der Waals surface area (Å²) >= 11 is 0. The van der Waals surface area contributed by atoms with Crippen LogP contribution in [0.3, 0.4) is 0 Å². The summed E-state index contributed by atoms with van der Waals surface area (Å²) in [5, 5.41) is 0. The van der Waals surface area contributed by atoms with Crippen LogP contribution in [0.5, 0.6) is 0 Å². The Bertz CT molecular complexity index is 126. The molecule has 1 fully saturated rings. The number of rotatable bonds is 5. The van der Waals surface area contributed by atoms with Gasteiger partial charge >= 0.3 is 0 Å². The van der Waals surface area contributed by atoms with Crippen molar-refractivity contribution < 1.29 is 0 Å². The quantitative estimate of drug-likeness (QED) is 0.349. The molecule has 1 saturated heterocycles. The van der Waals surface area contributed by atoms with E-state index in [1.165, 1.54) is 45.2 Å². The van der Waals surface area contributed by atoms with Crippen LogP contribution in [0.4, 0.5) is 0 Å². The highest BCUT2D eigenvalue weighted by Crippen LogP contribution is 2.04. The van der Waals surface area contributed by atoms with Crippen molar-refractivity contribution in [1.82, 2.24) is 4.90 Å². The molecule has 0 bridgehead atoms. The molecule has 0 aromatic carbocycles. The van der Waals surface area contributed by atoms with Gasteiger partial charge in [0.2, 0.25) is 0 Å². The second-order valence-electron chi connectivity index (χ2n) is 3.47. The molecule has 0 aromatic rings. The van der Waals surface area contributed by atoms with Gasteiger partial charge in [-0.25, -0.2) is 0 Å². The molecule has 0 aliphatic carbocycles. The first-order valence-corrected chi connectivity index (χ1v) is 5.17. The summed E-state index contributed by atoms with van der Waals surface area (Å²) in [6.45, 7) is 5.68. The molecule has 0 N–H and O–H groups in total. The molecule has 0 radical (unpaired) electrons. The number of likely N-dealkylation sites (tertiary alicyclic amines) is 1. The molecule has 0 amide bonds. The standard InChI is InChI=1S/C10H20N2/c1-2-3-4-7-11-10-12-8-5-6-9-12/h10H,2-9H2,1H3. The maximum absolute atomic E-state index is 4.39. The first-order chi connectivity index (χ1) is 5.93. The number of aliphatic imine (C=N–C) groups is 1. The summed E-state index contributed by atoms with van der Waals surface area (Å²) < 4.78 is 0. The molecule has 1 rings (SSSR count). The predicted octanol–water partition coefficient (Wildman–Crippen LogP) is 2.30. The van der Waals surface area contributed by atoms with E-state index in [4.69, 9.17) is 0 Å². The van der Waals surface area contributed by atoms with Gasteiger partial charge < -0.3 is 4.90 Å². The lowest BCUT2D eigenvalue weighted by Gasteiger charge is -2.08. The van der Waals surface area contributed by atoms with Crippen LogP contribution in [-0.4, -0.2) is 30.9 Å². The Hall–Kier alpha value is -0.530. The van der Waals surface area contributed by atoms with Crippen molar-refractivity contribution in [1.29, 1.82) is 0 Å². The smallest absolute Gasteiger partial charge is 0.0849 e. The molecule has 0 spiro atoms. The van der Waals surface area contributed by atoms with Crippen molar-refractivity contribution in [2.24, 2.45) is 4.99 Å². The second kappa shape index (κ2) is 6.04. The monoisotopic (exact) mass is 168 g/mol. The normalized spacial score (nSPS) is 17.9. The number of unbranched alkanes of at least 4 members (excludes halogenated alkanes) is 2. The second-order valence-corrected chi connectivity index (χ2v) is 3.47. The van der Waals surface area contributed by atoms with E-state index in [1.54, 1.807) is 0 Å². The van der Waals surface area contributed by atoms with Gasteiger partial charge in [-0.05, 0) is 19.3 Å². The Morgan fingerprint density at radius 2 is 2.00 bits per heavy atom. The van der Waals surface area contributed by atoms with Crippen LogP contribution in [0.1, 0.15) is 39.0 Å². The van der Waals surface area contributed by atoms with E-state index in [9.17, 15) is 0 Å². The first-order valence-electron chi connectivity index (χ1n) is 5.17. The highest BCUT2D eigenvalue weighted by Gasteiger charge is 2.05. The third-order valence-corrected chi connectivity index (χ3v) is 2.28. The number of hydrogen-bond acceptors (Lipinski definition) is 1. The van der Waals surface area contributed by atoms with Gasteiger partial charge in [0, 0.05) is 19.6 Å². The lowest BCUT2D eigenvalue weighted by Crippen LogP contribution is -2.16. The lowest BCUT2D eigenvalue weighted by molar-refractivity contribution is 0.532. The average Bonchev–Trinajstić information content (AvgIpc) is 2.57. The van der Waals surface area contributed by atoms with E-state index < -0.39 is 0 Å². The van der Waals surface area contributed by atoms with Crippen LogP contribution < -0.4 is 0 Å². The van der Waals surface area contributed by atoms with E-state index in [-0.39, 0.29) is 0 Å². The summed E-state index contributed by atoms with van der Waals surface area (Å²) in [5.41, 5.74) is 0. The minimum Gasteiger partial charge on any atom is -0.363 e. The topological polar surface area (TPSA) is 15.6 Å². The Kier molecular flexibility index (Phi) is 4.81. The van der Waals surface area contributed by atoms with Crippen molar-refractivity contribution in [3.8, 4) is 0 Å². The van der Waals surface area contributed by atoms with Gasteiger partial charge in [0.05, 0.1) is 6.34 Å². The maximum atomic E-state index is 4.39. The fourth-order valence-electron chi connectivity index (χ4n) is 1.48. The highest BCUT2D eigenvalue weighted by molar-refractivity contribution is 5.55. The third kappa shape index (κ3) is 3.74. The van der Waals surface area contributed by atoms with Gasteiger partial charge in [-0.2, -0.15) is 0 Å².